The van der Waals surface area contributed by atoms with Gasteiger partial charge in [0.1, 0.15) is 10.8 Å². The molecular formula is C24H25NO4S. The Morgan fingerprint density at radius 3 is 2.40 bits per heavy atom. The predicted octanol–water partition coefficient (Wildman–Crippen LogP) is 5.53. The van der Waals surface area contributed by atoms with Gasteiger partial charge in [-0.2, -0.15) is 0 Å². The van der Waals surface area contributed by atoms with E-state index in [1.807, 2.05) is 63.2 Å². The molecule has 1 N–H and O–H groups in total. The Kier molecular flexibility index (Phi) is 6.90. The first-order valence-corrected chi connectivity index (χ1v) is 10.6. The van der Waals surface area contributed by atoms with Crippen molar-refractivity contribution in [3.05, 3.63) is 70.8 Å². The molecule has 156 valence electrons. The van der Waals surface area contributed by atoms with Gasteiger partial charge in [0.15, 0.2) is 6.61 Å². The van der Waals surface area contributed by atoms with E-state index in [0.29, 0.717) is 16.3 Å². The number of aryl methyl sites for hydroxylation is 2. The molecule has 0 fully saturated rings. The molecule has 3 rings (SSSR count). The van der Waals surface area contributed by atoms with Crippen LogP contribution in [0.25, 0.3) is 10.4 Å². The van der Waals surface area contributed by atoms with Crippen LogP contribution >= 0.6 is 11.3 Å². The molecule has 0 bridgehead atoms. The second kappa shape index (κ2) is 9.59. The number of esters is 1. The average Bonchev–Trinajstić information content (AvgIpc) is 3.15. The number of carbonyl (C=O) groups excluding carboxylic acids is 2. The van der Waals surface area contributed by atoms with E-state index in [1.165, 1.54) is 11.3 Å². The average molecular weight is 424 g/mol. The van der Waals surface area contributed by atoms with Gasteiger partial charge in [-0.05, 0) is 56.0 Å². The number of carbonyl (C=O) groups is 2. The molecule has 0 saturated carbocycles. The third-order valence-electron chi connectivity index (χ3n) is 4.76. The zero-order valence-electron chi connectivity index (χ0n) is 17.6. The smallest absolute Gasteiger partial charge is 0.341 e. The SMILES string of the molecule is CCOC(=O)c1cc(-c2ccccc2)sc1NC(=O)COc1c(C)ccc(C)c1C. The lowest BCUT2D eigenvalue weighted by atomic mass is 10.1. The lowest BCUT2D eigenvalue weighted by molar-refractivity contribution is -0.118. The summed E-state index contributed by atoms with van der Waals surface area (Å²) in [5, 5.41) is 3.27. The van der Waals surface area contributed by atoms with Gasteiger partial charge in [-0.3, -0.25) is 4.79 Å². The largest absolute Gasteiger partial charge is 0.483 e. The van der Waals surface area contributed by atoms with Gasteiger partial charge >= 0.3 is 5.97 Å². The van der Waals surface area contributed by atoms with E-state index in [0.717, 1.165) is 27.1 Å². The molecule has 0 aliphatic rings. The van der Waals surface area contributed by atoms with Crippen LogP contribution in [0.15, 0.2) is 48.5 Å². The number of ether oxygens (including phenoxy) is 2. The van der Waals surface area contributed by atoms with Gasteiger partial charge in [-0.25, -0.2) is 4.79 Å². The van der Waals surface area contributed by atoms with Crippen LogP contribution in [0, 0.1) is 20.8 Å². The minimum atomic E-state index is -0.461. The molecule has 1 aromatic heterocycles. The van der Waals surface area contributed by atoms with E-state index in [4.69, 9.17) is 9.47 Å². The Morgan fingerprint density at radius 2 is 1.70 bits per heavy atom. The molecular weight excluding hydrogens is 398 g/mol. The molecule has 6 heteroatoms. The van der Waals surface area contributed by atoms with Crippen molar-refractivity contribution < 1.29 is 19.1 Å². The summed E-state index contributed by atoms with van der Waals surface area (Å²) in [7, 11) is 0. The summed E-state index contributed by atoms with van der Waals surface area (Å²) >= 11 is 1.34. The fourth-order valence-corrected chi connectivity index (χ4v) is 4.10. The molecule has 0 saturated heterocycles. The predicted molar refractivity (Wildman–Crippen MR) is 120 cm³/mol. The van der Waals surface area contributed by atoms with Crippen molar-refractivity contribution in [2.24, 2.45) is 0 Å². The molecule has 0 radical (unpaired) electrons. The highest BCUT2D eigenvalue weighted by molar-refractivity contribution is 7.20. The lowest BCUT2D eigenvalue weighted by Crippen LogP contribution is -2.21. The van der Waals surface area contributed by atoms with Crippen molar-refractivity contribution >= 4 is 28.2 Å². The number of nitrogens with one attached hydrogen (secondary N) is 1. The Labute approximate surface area is 180 Å². The molecule has 0 unspecified atom stereocenters. The van der Waals surface area contributed by atoms with Crippen molar-refractivity contribution in [2.75, 3.05) is 18.5 Å². The van der Waals surface area contributed by atoms with Gasteiger partial charge in [0.2, 0.25) is 0 Å². The van der Waals surface area contributed by atoms with Crippen LogP contribution in [0.1, 0.15) is 34.0 Å². The van der Waals surface area contributed by atoms with Crippen LogP contribution in [0.2, 0.25) is 0 Å². The minimum absolute atomic E-state index is 0.147. The second-order valence-corrected chi connectivity index (χ2v) is 7.98. The van der Waals surface area contributed by atoms with Crippen LogP contribution in [-0.4, -0.2) is 25.1 Å². The molecule has 5 nitrogen and oxygen atoms in total. The van der Waals surface area contributed by atoms with Gasteiger partial charge in [0.25, 0.3) is 5.91 Å². The molecule has 0 aliphatic carbocycles. The fourth-order valence-electron chi connectivity index (χ4n) is 3.04. The van der Waals surface area contributed by atoms with E-state index in [9.17, 15) is 9.59 Å². The van der Waals surface area contributed by atoms with E-state index in [-0.39, 0.29) is 19.1 Å². The highest BCUT2D eigenvalue weighted by Crippen LogP contribution is 2.36. The second-order valence-electron chi connectivity index (χ2n) is 6.93. The minimum Gasteiger partial charge on any atom is -0.483 e. The van der Waals surface area contributed by atoms with Crippen molar-refractivity contribution in [3.63, 3.8) is 0 Å². The van der Waals surface area contributed by atoms with Crippen LogP contribution < -0.4 is 10.1 Å². The van der Waals surface area contributed by atoms with Crippen molar-refractivity contribution in [2.45, 2.75) is 27.7 Å². The van der Waals surface area contributed by atoms with Crippen molar-refractivity contribution in [1.29, 1.82) is 0 Å². The van der Waals surface area contributed by atoms with E-state index in [2.05, 4.69) is 5.32 Å². The Hall–Kier alpha value is -3.12. The monoisotopic (exact) mass is 423 g/mol. The standard InChI is InChI=1S/C24H25NO4S/c1-5-28-24(27)19-13-20(18-9-7-6-8-10-18)30-23(19)25-21(26)14-29-22-16(3)12-11-15(2)17(22)4/h6-13H,5,14H2,1-4H3,(H,25,26). The third-order valence-corrected chi connectivity index (χ3v) is 5.86. The summed E-state index contributed by atoms with van der Waals surface area (Å²) in [5.74, 6) is -0.0771. The molecule has 0 spiro atoms. The van der Waals surface area contributed by atoms with Crippen LogP contribution in [0.5, 0.6) is 5.75 Å². The number of hydrogen-bond acceptors (Lipinski definition) is 5. The molecule has 1 amide bonds. The van der Waals surface area contributed by atoms with Crippen molar-refractivity contribution in [1.82, 2.24) is 0 Å². The fraction of sp³-hybridized carbons (Fsp3) is 0.250. The van der Waals surface area contributed by atoms with Gasteiger partial charge in [-0.1, -0.05) is 42.5 Å². The first-order valence-electron chi connectivity index (χ1n) is 9.76. The molecule has 1 heterocycles. The van der Waals surface area contributed by atoms with E-state index in [1.54, 1.807) is 13.0 Å². The quantitative estimate of drug-likeness (QED) is 0.507. The Bertz CT molecular complexity index is 1060. The summed E-state index contributed by atoms with van der Waals surface area (Å²) < 4.78 is 11.0. The first kappa shape index (κ1) is 21.6. The lowest BCUT2D eigenvalue weighted by Gasteiger charge is -2.14. The Morgan fingerprint density at radius 1 is 1.00 bits per heavy atom. The number of benzene rings is 2. The molecule has 30 heavy (non-hydrogen) atoms. The van der Waals surface area contributed by atoms with Crippen LogP contribution in [0.4, 0.5) is 5.00 Å². The third kappa shape index (κ3) is 4.89. The number of thiophene rings is 1. The molecule has 0 atom stereocenters. The van der Waals surface area contributed by atoms with Crippen LogP contribution in [-0.2, 0) is 9.53 Å². The first-order chi connectivity index (χ1) is 14.4. The summed E-state index contributed by atoms with van der Waals surface area (Å²) in [5.41, 5.74) is 4.40. The number of anilines is 1. The van der Waals surface area contributed by atoms with Crippen LogP contribution in [0.3, 0.4) is 0 Å². The Balaban J connectivity index is 1.79. The topological polar surface area (TPSA) is 64.6 Å². The van der Waals surface area contributed by atoms with E-state index >= 15 is 0 Å². The molecule has 2 aromatic carbocycles. The van der Waals surface area contributed by atoms with Gasteiger partial charge in [0, 0.05) is 4.88 Å². The maximum atomic E-state index is 12.6. The maximum Gasteiger partial charge on any atom is 0.341 e. The summed E-state index contributed by atoms with van der Waals surface area (Å²) in [6.07, 6.45) is 0. The zero-order valence-corrected chi connectivity index (χ0v) is 18.4. The van der Waals surface area contributed by atoms with Crippen molar-refractivity contribution in [3.8, 4) is 16.2 Å². The number of rotatable bonds is 7. The van der Waals surface area contributed by atoms with E-state index < -0.39 is 5.97 Å². The summed E-state index contributed by atoms with van der Waals surface area (Å²) in [6.45, 7) is 7.79. The van der Waals surface area contributed by atoms with Gasteiger partial charge in [0.05, 0.1) is 12.2 Å². The number of hydrogen-bond donors (Lipinski definition) is 1. The molecule has 0 aliphatic heterocycles. The molecule has 3 aromatic rings. The van der Waals surface area contributed by atoms with Gasteiger partial charge < -0.3 is 14.8 Å². The zero-order chi connectivity index (χ0) is 21.7. The number of amides is 1. The van der Waals surface area contributed by atoms with Gasteiger partial charge in [-0.15, -0.1) is 11.3 Å². The summed E-state index contributed by atoms with van der Waals surface area (Å²) in [6, 6.07) is 15.5. The normalized spacial score (nSPS) is 10.5. The summed E-state index contributed by atoms with van der Waals surface area (Å²) in [4.78, 5) is 25.9. The highest BCUT2D eigenvalue weighted by Gasteiger charge is 2.20. The maximum absolute atomic E-state index is 12.6. The highest BCUT2D eigenvalue weighted by atomic mass is 32.1.